The van der Waals surface area contributed by atoms with Crippen molar-refractivity contribution in [2.75, 3.05) is 4.90 Å². The van der Waals surface area contributed by atoms with Gasteiger partial charge < -0.3 is 5.11 Å². The Morgan fingerprint density at radius 1 is 0.795 bits per heavy atom. The Morgan fingerprint density at radius 3 is 2.07 bits per heavy atom. The molecule has 0 radical (unpaired) electrons. The van der Waals surface area contributed by atoms with Crippen molar-refractivity contribution in [2.24, 2.45) is 17.8 Å². The third kappa shape index (κ3) is 3.32. The van der Waals surface area contributed by atoms with Gasteiger partial charge in [-0.3, -0.25) is 24.5 Å². The van der Waals surface area contributed by atoms with E-state index in [1.165, 1.54) is 12.1 Å². The molecule has 6 atom stereocenters. The fourth-order valence-electron chi connectivity index (χ4n) is 7.38. The van der Waals surface area contributed by atoms with Crippen molar-refractivity contribution in [1.82, 2.24) is 5.32 Å². The van der Waals surface area contributed by atoms with Gasteiger partial charge in [0.25, 0.3) is 11.8 Å². The fraction of sp³-hybridized carbons (Fsp3) is 0.267. The number of hydrogen-bond acceptors (Lipinski definition) is 5. The number of halogens is 7. The first kappa shape index (κ1) is 28.7. The lowest BCUT2D eigenvalue weighted by molar-refractivity contribution is -0.127. The molecule has 4 amide bonds. The molecule has 2 heterocycles. The van der Waals surface area contributed by atoms with Crippen LogP contribution >= 0.6 is 23.2 Å². The van der Waals surface area contributed by atoms with Gasteiger partial charge in [-0.2, -0.15) is 0 Å². The number of aromatic hydroxyl groups is 1. The summed E-state index contributed by atoms with van der Waals surface area (Å²) in [5, 5.41) is 13.4. The molecule has 7 rings (SSSR count). The van der Waals surface area contributed by atoms with Gasteiger partial charge >= 0.3 is 0 Å². The number of phenolic OH excluding ortho intramolecular Hbond substituents is 1. The quantitative estimate of drug-likeness (QED) is 0.100. The molecule has 0 bridgehead atoms. The molecule has 1 saturated carbocycles. The minimum absolute atomic E-state index is 0.0341. The lowest BCUT2D eigenvalue weighted by Crippen LogP contribution is -2.60. The maximum atomic E-state index is 15.1. The van der Waals surface area contributed by atoms with E-state index in [1.54, 1.807) is 30.3 Å². The maximum absolute atomic E-state index is 15.1. The lowest BCUT2D eigenvalue weighted by Gasteiger charge is -2.51. The molecule has 0 aromatic heterocycles. The van der Waals surface area contributed by atoms with Crippen molar-refractivity contribution in [1.29, 1.82) is 0 Å². The van der Waals surface area contributed by atoms with Crippen LogP contribution < -0.4 is 10.2 Å². The van der Waals surface area contributed by atoms with Crippen LogP contribution in [0.1, 0.15) is 24.3 Å². The van der Waals surface area contributed by atoms with Crippen LogP contribution in [0.3, 0.4) is 0 Å². The summed E-state index contributed by atoms with van der Waals surface area (Å²) >= 11 is 14.2. The number of nitrogens with zero attached hydrogens (tertiary/aromatic N) is 1. The summed E-state index contributed by atoms with van der Waals surface area (Å²) < 4.78 is 72.7. The van der Waals surface area contributed by atoms with E-state index in [4.69, 9.17) is 23.2 Å². The van der Waals surface area contributed by atoms with Gasteiger partial charge in [-0.1, -0.05) is 42.0 Å². The van der Waals surface area contributed by atoms with E-state index < -0.39 is 98.2 Å². The Kier molecular flexibility index (Phi) is 6.03. The second-order valence-corrected chi connectivity index (χ2v) is 12.5. The summed E-state index contributed by atoms with van der Waals surface area (Å²) in [4.78, 5) is 48.5. The second-order valence-electron chi connectivity index (χ2n) is 11.3. The van der Waals surface area contributed by atoms with Crippen molar-refractivity contribution in [3.8, 4) is 5.75 Å². The van der Waals surface area contributed by atoms with E-state index in [1.807, 2.05) is 0 Å². The van der Waals surface area contributed by atoms with Crippen molar-refractivity contribution >= 4 is 63.3 Å². The van der Waals surface area contributed by atoms with Gasteiger partial charge in [0.1, 0.15) is 11.4 Å². The summed E-state index contributed by atoms with van der Waals surface area (Å²) in [7, 11) is 0. The number of phenols is 1. The van der Waals surface area contributed by atoms with Gasteiger partial charge in [0, 0.05) is 11.3 Å². The molecule has 2 saturated heterocycles. The standard InChI is InChI=1S/C30H17Cl2F5N2O5/c31-29-9-15-13(5-6-14-17(15)26(42)38-25(14)41)18(12-7-8-16(40)11-4-2-1-3-10(11)12)30(29,32)28(44)39(27(29)43)24-22(36)20(34)19(33)21(35)23(24)37/h1-5,7-8,14-15,17-18,40H,6,9H2,(H,38,41,42). The Morgan fingerprint density at radius 2 is 1.41 bits per heavy atom. The summed E-state index contributed by atoms with van der Waals surface area (Å²) in [6, 6.07) is 9.05. The van der Waals surface area contributed by atoms with E-state index in [-0.39, 0.29) is 22.6 Å². The predicted molar refractivity (Wildman–Crippen MR) is 145 cm³/mol. The summed E-state index contributed by atoms with van der Waals surface area (Å²) in [5.41, 5.74) is -1.31. The Balaban J connectivity index is 1.53. The van der Waals surface area contributed by atoms with Crippen molar-refractivity contribution in [3.05, 3.63) is 82.7 Å². The predicted octanol–water partition coefficient (Wildman–Crippen LogP) is 5.09. The van der Waals surface area contributed by atoms with Crippen molar-refractivity contribution in [3.63, 3.8) is 0 Å². The Hall–Kier alpha value is -4.03. The number of benzene rings is 3. The van der Waals surface area contributed by atoms with Crippen LogP contribution in [-0.4, -0.2) is 38.5 Å². The molecule has 2 aliphatic carbocycles. The fourth-order valence-corrected chi connectivity index (χ4v) is 8.31. The number of allylic oxidation sites excluding steroid dienone is 2. The molecule has 0 spiro atoms. The molecule has 44 heavy (non-hydrogen) atoms. The van der Waals surface area contributed by atoms with Gasteiger partial charge in [0.2, 0.25) is 17.6 Å². The van der Waals surface area contributed by atoms with Crippen LogP contribution in [0.25, 0.3) is 10.8 Å². The SMILES string of the molecule is O=C1NC(=O)C2C1CC=C1C2CC2(Cl)C(=O)N(c3c(F)c(F)c(F)c(F)c3F)C(=O)C2(Cl)C1c1ccc(O)c2ccccc12. The lowest BCUT2D eigenvalue weighted by atomic mass is 9.56. The molecule has 4 aliphatic rings. The zero-order chi connectivity index (χ0) is 31.6. The highest BCUT2D eigenvalue weighted by atomic mass is 35.5. The number of anilines is 1. The number of imide groups is 2. The van der Waals surface area contributed by atoms with Crippen molar-refractivity contribution < 1.29 is 46.2 Å². The largest absolute Gasteiger partial charge is 0.507 e. The van der Waals surface area contributed by atoms with Gasteiger partial charge in [0.05, 0.1) is 11.8 Å². The van der Waals surface area contributed by atoms with Crippen LogP contribution in [0.2, 0.25) is 0 Å². The number of rotatable bonds is 2. The van der Waals surface area contributed by atoms with Crippen LogP contribution in [-0.2, 0) is 19.2 Å². The third-order valence-electron chi connectivity index (χ3n) is 9.31. The minimum Gasteiger partial charge on any atom is -0.507 e. The molecule has 3 aromatic rings. The number of carbonyl (C=O) groups is 4. The van der Waals surface area contributed by atoms with Gasteiger partial charge in [-0.25, -0.2) is 26.9 Å². The smallest absolute Gasteiger partial charge is 0.258 e. The number of alkyl halides is 2. The molecule has 3 aromatic carbocycles. The van der Waals surface area contributed by atoms with Gasteiger partial charge in [0.15, 0.2) is 33.0 Å². The van der Waals surface area contributed by atoms with Crippen LogP contribution in [0.5, 0.6) is 5.75 Å². The molecule has 3 fully saturated rings. The van der Waals surface area contributed by atoms with E-state index in [9.17, 15) is 37.5 Å². The number of carbonyl (C=O) groups excluding carboxylic acids is 4. The summed E-state index contributed by atoms with van der Waals surface area (Å²) in [6.45, 7) is 0. The minimum atomic E-state index is -2.64. The summed E-state index contributed by atoms with van der Waals surface area (Å²) in [5.74, 6) is -21.1. The molecule has 14 heteroatoms. The average molecular weight is 651 g/mol. The third-order valence-corrected chi connectivity index (χ3v) is 10.7. The first-order valence-electron chi connectivity index (χ1n) is 13.3. The Bertz CT molecular complexity index is 1910. The average Bonchev–Trinajstić information content (AvgIpc) is 3.37. The van der Waals surface area contributed by atoms with E-state index in [2.05, 4.69) is 5.32 Å². The summed E-state index contributed by atoms with van der Waals surface area (Å²) in [6.07, 6.45) is 1.04. The van der Waals surface area contributed by atoms with Crippen LogP contribution in [0.15, 0.2) is 48.0 Å². The molecule has 2 aliphatic heterocycles. The monoisotopic (exact) mass is 650 g/mol. The van der Waals surface area contributed by atoms with E-state index >= 15 is 8.78 Å². The van der Waals surface area contributed by atoms with E-state index in [0.717, 1.165) is 0 Å². The highest BCUT2D eigenvalue weighted by Crippen LogP contribution is 2.66. The zero-order valence-electron chi connectivity index (χ0n) is 21.9. The first-order chi connectivity index (χ1) is 20.8. The Labute approximate surface area is 254 Å². The van der Waals surface area contributed by atoms with Crippen LogP contribution in [0, 0.1) is 46.8 Å². The molecule has 226 valence electrons. The first-order valence-corrected chi connectivity index (χ1v) is 14.0. The number of hydrogen-bond donors (Lipinski definition) is 2. The molecular formula is C30H17Cl2F5N2O5. The molecule has 7 nitrogen and oxygen atoms in total. The zero-order valence-corrected chi connectivity index (χ0v) is 23.5. The van der Waals surface area contributed by atoms with Crippen LogP contribution in [0.4, 0.5) is 27.6 Å². The normalized spacial score (nSPS) is 31.2. The highest BCUT2D eigenvalue weighted by molar-refractivity contribution is 6.58. The van der Waals surface area contributed by atoms with Crippen molar-refractivity contribution in [2.45, 2.75) is 28.5 Å². The van der Waals surface area contributed by atoms with Gasteiger partial charge in [-0.05, 0) is 35.8 Å². The molecule has 2 N–H and O–H groups in total. The second kappa shape index (κ2) is 9.24. The number of fused-ring (bicyclic) bond motifs is 5. The number of amides is 4. The molecule has 6 unspecified atom stereocenters. The highest BCUT2D eigenvalue weighted by Gasteiger charge is 2.77. The molecular weight excluding hydrogens is 634 g/mol. The number of nitrogens with one attached hydrogen (secondary N) is 1. The van der Waals surface area contributed by atoms with Gasteiger partial charge in [-0.15, -0.1) is 23.2 Å². The maximum Gasteiger partial charge on any atom is 0.258 e. The van der Waals surface area contributed by atoms with E-state index in [0.29, 0.717) is 16.3 Å². The topological polar surface area (TPSA) is 104 Å².